The Bertz CT molecular complexity index is 309. The first-order chi connectivity index (χ1) is 9.13. The molecule has 4 atom stereocenters. The van der Waals surface area contributed by atoms with Gasteiger partial charge in [-0.05, 0) is 31.2 Å². The molecule has 1 N–H and O–H groups in total. The molecule has 4 unspecified atom stereocenters. The first-order valence-corrected chi connectivity index (χ1v) is 7.73. The maximum absolute atomic E-state index is 12.6. The second-order valence-corrected chi connectivity index (χ2v) is 6.23. The molecule has 2 saturated heterocycles. The van der Waals surface area contributed by atoms with Crippen LogP contribution >= 0.6 is 0 Å². The molecule has 0 aromatic heterocycles. The molecule has 1 amide bonds. The zero-order valence-electron chi connectivity index (χ0n) is 12.5. The van der Waals surface area contributed by atoms with Gasteiger partial charge in [0.2, 0.25) is 5.91 Å². The van der Waals surface area contributed by atoms with Gasteiger partial charge in [0.15, 0.2) is 0 Å². The fourth-order valence-electron chi connectivity index (χ4n) is 3.03. The molecule has 0 aliphatic carbocycles. The molecule has 0 radical (unpaired) electrons. The van der Waals surface area contributed by atoms with Crippen molar-refractivity contribution in [2.24, 2.45) is 17.8 Å². The minimum atomic E-state index is 0.0205. The fraction of sp³-hybridized carbons (Fsp3) is 0.933. The summed E-state index contributed by atoms with van der Waals surface area (Å²) in [4.78, 5) is 14.7. The topological polar surface area (TPSA) is 41.6 Å². The molecular weight excluding hydrogens is 240 g/mol. The van der Waals surface area contributed by atoms with Crippen molar-refractivity contribution in [2.45, 2.75) is 39.7 Å². The highest BCUT2D eigenvalue weighted by molar-refractivity contribution is 5.80. The van der Waals surface area contributed by atoms with Gasteiger partial charge in [-0.3, -0.25) is 4.79 Å². The first-order valence-electron chi connectivity index (χ1n) is 7.73. The van der Waals surface area contributed by atoms with E-state index in [1.54, 1.807) is 0 Å². The minimum Gasteiger partial charge on any atom is -0.379 e. The maximum Gasteiger partial charge on any atom is 0.229 e. The Labute approximate surface area is 116 Å². The fourth-order valence-corrected chi connectivity index (χ4v) is 3.03. The lowest BCUT2D eigenvalue weighted by atomic mass is 9.87. The lowest BCUT2D eigenvalue weighted by Crippen LogP contribution is -2.49. The molecule has 19 heavy (non-hydrogen) atoms. The molecule has 0 bridgehead atoms. The van der Waals surface area contributed by atoms with E-state index in [1.165, 1.54) is 0 Å². The van der Waals surface area contributed by atoms with Gasteiger partial charge >= 0.3 is 0 Å². The van der Waals surface area contributed by atoms with Gasteiger partial charge < -0.3 is 15.0 Å². The van der Waals surface area contributed by atoms with E-state index in [1.807, 2.05) is 0 Å². The van der Waals surface area contributed by atoms with E-state index in [9.17, 15) is 4.79 Å². The van der Waals surface area contributed by atoms with E-state index in [0.717, 1.165) is 38.4 Å². The Kier molecular flexibility index (Phi) is 5.22. The number of amides is 1. The van der Waals surface area contributed by atoms with Gasteiger partial charge in [0.05, 0.1) is 19.1 Å². The van der Waals surface area contributed by atoms with Crippen LogP contribution in [0, 0.1) is 17.8 Å². The lowest BCUT2D eigenvalue weighted by Gasteiger charge is -2.37. The summed E-state index contributed by atoms with van der Waals surface area (Å²) in [5, 5.41) is 3.45. The number of ether oxygens (including phenoxy) is 1. The standard InChI is InChI=1S/C15H28N2O2/c1-4-6-16-14-10-19-9-13(14)15(18)17-7-5-11(2)12(3)8-17/h11-14,16H,4-10H2,1-3H3. The Morgan fingerprint density at radius 3 is 2.79 bits per heavy atom. The largest absolute Gasteiger partial charge is 0.379 e. The summed E-state index contributed by atoms with van der Waals surface area (Å²) in [5.74, 6) is 1.66. The number of nitrogens with zero attached hydrogens (tertiary/aromatic N) is 1. The number of carbonyl (C=O) groups excluding carboxylic acids is 1. The van der Waals surface area contributed by atoms with Crippen LogP contribution in [0.5, 0.6) is 0 Å². The monoisotopic (exact) mass is 268 g/mol. The molecule has 2 rings (SSSR count). The highest BCUT2D eigenvalue weighted by Crippen LogP contribution is 2.25. The van der Waals surface area contributed by atoms with Crippen molar-refractivity contribution in [3.63, 3.8) is 0 Å². The van der Waals surface area contributed by atoms with Gasteiger partial charge in [-0.2, -0.15) is 0 Å². The molecule has 0 spiro atoms. The van der Waals surface area contributed by atoms with Gasteiger partial charge in [-0.15, -0.1) is 0 Å². The number of hydrogen-bond acceptors (Lipinski definition) is 3. The first kappa shape index (κ1) is 14.8. The summed E-state index contributed by atoms with van der Waals surface area (Å²) < 4.78 is 5.52. The van der Waals surface area contributed by atoms with Gasteiger partial charge in [-0.1, -0.05) is 20.8 Å². The van der Waals surface area contributed by atoms with Crippen LogP contribution in [0.25, 0.3) is 0 Å². The highest BCUT2D eigenvalue weighted by atomic mass is 16.5. The third-order valence-corrected chi connectivity index (χ3v) is 4.70. The predicted octanol–water partition coefficient (Wildman–Crippen LogP) is 1.51. The Balaban J connectivity index is 1.91. The highest BCUT2D eigenvalue weighted by Gasteiger charge is 2.37. The van der Waals surface area contributed by atoms with Crippen molar-refractivity contribution >= 4 is 5.91 Å². The molecule has 0 saturated carbocycles. The molecule has 2 fully saturated rings. The van der Waals surface area contributed by atoms with Crippen molar-refractivity contribution in [1.82, 2.24) is 10.2 Å². The van der Waals surface area contributed by atoms with E-state index in [4.69, 9.17) is 4.74 Å². The van der Waals surface area contributed by atoms with Gasteiger partial charge in [-0.25, -0.2) is 0 Å². The molecule has 2 aliphatic heterocycles. The molecule has 0 aromatic carbocycles. The zero-order chi connectivity index (χ0) is 13.8. The quantitative estimate of drug-likeness (QED) is 0.840. The van der Waals surface area contributed by atoms with E-state index in [2.05, 4.69) is 31.0 Å². The van der Waals surface area contributed by atoms with E-state index in [0.29, 0.717) is 25.0 Å². The van der Waals surface area contributed by atoms with Crippen LogP contribution in [-0.4, -0.2) is 49.7 Å². The van der Waals surface area contributed by atoms with Crippen molar-refractivity contribution in [1.29, 1.82) is 0 Å². The number of piperidine rings is 1. The average molecular weight is 268 g/mol. The van der Waals surface area contributed by atoms with Crippen LogP contribution < -0.4 is 5.32 Å². The summed E-state index contributed by atoms with van der Waals surface area (Å²) >= 11 is 0. The third kappa shape index (κ3) is 3.48. The number of nitrogens with one attached hydrogen (secondary N) is 1. The minimum absolute atomic E-state index is 0.0205. The maximum atomic E-state index is 12.6. The lowest BCUT2D eigenvalue weighted by molar-refractivity contribution is -0.138. The van der Waals surface area contributed by atoms with Crippen LogP contribution in [0.4, 0.5) is 0 Å². The Morgan fingerprint density at radius 2 is 2.11 bits per heavy atom. The van der Waals surface area contributed by atoms with Gasteiger partial charge in [0.1, 0.15) is 0 Å². The molecular formula is C15H28N2O2. The second-order valence-electron chi connectivity index (χ2n) is 6.23. The molecule has 2 aliphatic rings. The Hall–Kier alpha value is -0.610. The van der Waals surface area contributed by atoms with Crippen molar-refractivity contribution in [2.75, 3.05) is 32.8 Å². The smallest absolute Gasteiger partial charge is 0.229 e. The van der Waals surface area contributed by atoms with E-state index < -0.39 is 0 Å². The number of likely N-dealkylation sites (tertiary alicyclic amines) is 1. The van der Waals surface area contributed by atoms with Crippen molar-refractivity contribution < 1.29 is 9.53 Å². The van der Waals surface area contributed by atoms with Crippen molar-refractivity contribution in [3.8, 4) is 0 Å². The summed E-state index contributed by atoms with van der Waals surface area (Å²) in [6.07, 6.45) is 2.23. The number of carbonyl (C=O) groups is 1. The van der Waals surface area contributed by atoms with E-state index in [-0.39, 0.29) is 12.0 Å². The van der Waals surface area contributed by atoms with E-state index >= 15 is 0 Å². The normalized spacial score (nSPS) is 35.6. The van der Waals surface area contributed by atoms with Crippen LogP contribution in [0.15, 0.2) is 0 Å². The Morgan fingerprint density at radius 1 is 1.32 bits per heavy atom. The summed E-state index contributed by atoms with van der Waals surface area (Å²) in [7, 11) is 0. The average Bonchev–Trinajstić information content (AvgIpc) is 2.87. The van der Waals surface area contributed by atoms with Crippen LogP contribution in [-0.2, 0) is 9.53 Å². The van der Waals surface area contributed by atoms with Crippen LogP contribution in [0.2, 0.25) is 0 Å². The van der Waals surface area contributed by atoms with Crippen LogP contribution in [0.3, 0.4) is 0 Å². The number of hydrogen-bond donors (Lipinski definition) is 1. The van der Waals surface area contributed by atoms with Gasteiger partial charge in [0.25, 0.3) is 0 Å². The molecule has 4 nitrogen and oxygen atoms in total. The summed E-state index contributed by atoms with van der Waals surface area (Å²) in [6.45, 7) is 10.7. The summed E-state index contributed by atoms with van der Waals surface area (Å²) in [6, 6.07) is 0.210. The molecule has 2 heterocycles. The van der Waals surface area contributed by atoms with Crippen molar-refractivity contribution in [3.05, 3.63) is 0 Å². The SMILES string of the molecule is CCCNC1COCC1C(=O)N1CCC(C)C(C)C1. The second kappa shape index (κ2) is 6.71. The predicted molar refractivity (Wildman–Crippen MR) is 75.9 cm³/mol. The molecule has 110 valence electrons. The van der Waals surface area contributed by atoms with Crippen LogP contribution in [0.1, 0.15) is 33.6 Å². The number of rotatable bonds is 4. The van der Waals surface area contributed by atoms with Gasteiger partial charge in [0, 0.05) is 19.1 Å². The zero-order valence-corrected chi connectivity index (χ0v) is 12.5. The molecule has 0 aromatic rings. The summed E-state index contributed by atoms with van der Waals surface area (Å²) in [5.41, 5.74) is 0. The third-order valence-electron chi connectivity index (χ3n) is 4.70. The molecule has 4 heteroatoms.